The Bertz CT molecular complexity index is 739. The number of hydrogen-bond acceptors (Lipinski definition) is 4. The van der Waals surface area contributed by atoms with E-state index in [4.69, 9.17) is 21.4 Å². The summed E-state index contributed by atoms with van der Waals surface area (Å²) in [5.41, 5.74) is 0. The zero-order chi connectivity index (χ0) is 18.0. The van der Waals surface area contributed by atoms with Gasteiger partial charge in [-0.1, -0.05) is 18.0 Å². The van der Waals surface area contributed by atoms with Crippen molar-refractivity contribution in [3.63, 3.8) is 0 Å². The summed E-state index contributed by atoms with van der Waals surface area (Å²) in [7, 11) is -3.77. The topological polar surface area (TPSA) is 83.9 Å². The number of halogens is 1. The van der Waals surface area contributed by atoms with E-state index in [0.717, 1.165) is 12.8 Å². The van der Waals surface area contributed by atoms with Crippen molar-refractivity contribution in [2.75, 3.05) is 19.7 Å². The van der Waals surface area contributed by atoms with Crippen LogP contribution in [-0.2, 0) is 14.8 Å². The zero-order valence-electron chi connectivity index (χ0n) is 13.9. The normalized spacial score (nSPS) is 20.2. The van der Waals surface area contributed by atoms with E-state index in [2.05, 4.69) is 0 Å². The number of nitrogens with zero attached hydrogens (tertiary/aromatic N) is 1. The molecule has 0 bridgehead atoms. The molecule has 25 heavy (non-hydrogen) atoms. The maximum Gasteiger partial charge on any atom is 0.306 e. The lowest BCUT2D eigenvalue weighted by Gasteiger charge is -2.30. The molecule has 1 N–H and O–H groups in total. The van der Waals surface area contributed by atoms with Gasteiger partial charge in [-0.25, -0.2) is 8.42 Å². The maximum atomic E-state index is 13.0. The predicted molar refractivity (Wildman–Crippen MR) is 93.4 cm³/mol. The van der Waals surface area contributed by atoms with Crippen molar-refractivity contribution in [3.8, 4) is 5.75 Å². The van der Waals surface area contributed by atoms with Gasteiger partial charge in [-0.3, -0.25) is 4.79 Å². The molecule has 3 rings (SSSR count). The summed E-state index contributed by atoms with van der Waals surface area (Å²) in [6, 6.07) is 4.63. The van der Waals surface area contributed by atoms with Gasteiger partial charge in [0.05, 0.1) is 12.5 Å². The molecule has 0 aromatic heterocycles. The van der Waals surface area contributed by atoms with Gasteiger partial charge in [-0.15, -0.1) is 0 Å². The predicted octanol–water partition coefficient (Wildman–Crippen LogP) is 3.00. The molecule has 0 atom stereocenters. The van der Waals surface area contributed by atoms with Crippen LogP contribution in [0.5, 0.6) is 5.75 Å². The number of aliphatic carboxylic acids is 1. The monoisotopic (exact) mass is 387 g/mol. The van der Waals surface area contributed by atoms with E-state index in [9.17, 15) is 13.2 Å². The minimum absolute atomic E-state index is 0.0631. The third-order valence-corrected chi connectivity index (χ3v) is 7.18. The molecule has 1 aromatic carbocycles. The molecule has 0 unspecified atom stereocenters. The minimum Gasteiger partial charge on any atom is -0.492 e. The second-order valence-corrected chi connectivity index (χ2v) is 9.06. The fourth-order valence-electron chi connectivity index (χ4n) is 3.15. The van der Waals surface area contributed by atoms with Gasteiger partial charge in [-0.05, 0) is 49.8 Å². The maximum absolute atomic E-state index is 13.0. The first kappa shape index (κ1) is 18.5. The highest BCUT2D eigenvalue weighted by Gasteiger charge is 2.34. The SMILES string of the molecule is O=C(O)C1CCN(S(=O)(=O)c2cc(Cl)ccc2OCC2CCC2)CC1. The molecule has 1 aliphatic carbocycles. The van der Waals surface area contributed by atoms with Gasteiger partial charge in [0.1, 0.15) is 10.6 Å². The molecule has 1 saturated carbocycles. The lowest BCUT2D eigenvalue weighted by molar-refractivity contribution is -0.142. The van der Waals surface area contributed by atoms with Crippen molar-refractivity contribution in [2.24, 2.45) is 11.8 Å². The average Bonchev–Trinajstić information content (AvgIpc) is 2.54. The van der Waals surface area contributed by atoms with Crippen LogP contribution >= 0.6 is 11.6 Å². The Morgan fingerprint density at radius 3 is 2.48 bits per heavy atom. The minimum atomic E-state index is -3.77. The van der Waals surface area contributed by atoms with Crippen LogP contribution < -0.4 is 4.74 Å². The molecular weight excluding hydrogens is 366 g/mol. The molecule has 0 amide bonds. The van der Waals surface area contributed by atoms with Gasteiger partial charge < -0.3 is 9.84 Å². The van der Waals surface area contributed by atoms with Crippen LogP contribution in [0.15, 0.2) is 23.1 Å². The highest BCUT2D eigenvalue weighted by molar-refractivity contribution is 7.89. The number of sulfonamides is 1. The molecule has 0 spiro atoms. The van der Waals surface area contributed by atoms with Crippen molar-refractivity contribution in [1.29, 1.82) is 0 Å². The van der Waals surface area contributed by atoms with Crippen LogP contribution in [0, 0.1) is 11.8 Å². The van der Waals surface area contributed by atoms with E-state index in [-0.39, 0.29) is 18.0 Å². The standard InChI is InChI=1S/C17H22ClNO5S/c18-14-4-5-15(24-11-12-2-1-3-12)16(10-14)25(22,23)19-8-6-13(7-9-19)17(20)21/h4-5,10,12-13H,1-3,6-9,11H2,(H,20,21). The number of benzene rings is 1. The summed E-state index contributed by atoms with van der Waals surface area (Å²) < 4.78 is 33.1. The Kier molecular flexibility index (Phi) is 5.55. The number of carboxylic acids is 1. The van der Waals surface area contributed by atoms with Gasteiger partial charge in [0.15, 0.2) is 0 Å². The van der Waals surface area contributed by atoms with Crippen LogP contribution in [-0.4, -0.2) is 43.5 Å². The fraction of sp³-hybridized carbons (Fsp3) is 0.588. The van der Waals surface area contributed by atoms with Crippen molar-refractivity contribution in [1.82, 2.24) is 4.31 Å². The molecule has 1 aliphatic heterocycles. The fourth-order valence-corrected chi connectivity index (χ4v) is 5.02. The van der Waals surface area contributed by atoms with E-state index in [1.54, 1.807) is 12.1 Å². The summed E-state index contributed by atoms with van der Waals surface area (Å²) >= 11 is 6.01. The van der Waals surface area contributed by atoms with Gasteiger partial charge in [-0.2, -0.15) is 4.31 Å². The lowest BCUT2D eigenvalue weighted by atomic mass is 9.86. The summed E-state index contributed by atoms with van der Waals surface area (Å²) in [5, 5.41) is 9.40. The van der Waals surface area contributed by atoms with Crippen molar-refractivity contribution < 1.29 is 23.1 Å². The Labute approximate surface area is 152 Å². The number of carboxylic acid groups (broad SMARTS) is 1. The third kappa shape index (κ3) is 4.10. The van der Waals surface area contributed by atoms with E-state index < -0.39 is 21.9 Å². The molecule has 1 aromatic rings. The van der Waals surface area contributed by atoms with Crippen LogP contribution in [0.1, 0.15) is 32.1 Å². The zero-order valence-corrected chi connectivity index (χ0v) is 15.4. The van der Waals surface area contributed by atoms with E-state index in [1.807, 2.05) is 0 Å². The molecule has 6 nitrogen and oxygen atoms in total. The van der Waals surface area contributed by atoms with Gasteiger partial charge >= 0.3 is 5.97 Å². The number of piperidine rings is 1. The largest absolute Gasteiger partial charge is 0.492 e. The number of hydrogen-bond donors (Lipinski definition) is 1. The lowest BCUT2D eigenvalue weighted by Crippen LogP contribution is -2.40. The van der Waals surface area contributed by atoms with Crippen molar-refractivity contribution in [3.05, 3.63) is 23.2 Å². The van der Waals surface area contributed by atoms with Gasteiger partial charge in [0, 0.05) is 18.1 Å². The summed E-state index contributed by atoms with van der Waals surface area (Å²) in [6.45, 7) is 0.882. The first-order chi connectivity index (χ1) is 11.9. The summed E-state index contributed by atoms with van der Waals surface area (Å²) in [5.74, 6) is -0.557. The number of rotatable bonds is 6. The highest BCUT2D eigenvalue weighted by Crippen LogP contribution is 2.34. The molecule has 1 heterocycles. The first-order valence-electron chi connectivity index (χ1n) is 8.53. The Morgan fingerprint density at radius 2 is 1.92 bits per heavy atom. The summed E-state index contributed by atoms with van der Waals surface area (Å²) in [6.07, 6.45) is 4.04. The number of carbonyl (C=O) groups is 1. The summed E-state index contributed by atoms with van der Waals surface area (Å²) in [4.78, 5) is 11.1. The van der Waals surface area contributed by atoms with E-state index >= 15 is 0 Å². The van der Waals surface area contributed by atoms with Gasteiger partial charge in [0.2, 0.25) is 10.0 Å². The second-order valence-electron chi connectivity index (χ2n) is 6.72. The van der Waals surface area contributed by atoms with E-state index in [1.165, 1.54) is 16.8 Å². The molecule has 0 radical (unpaired) electrons. The van der Waals surface area contributed by atoms with Crippen LogP contribution in [0.25, 0.3) is 0 Å². The first-order valence-corrected chi connectivity index (χ1v) is 10.3. The second kappa shape index (κ2) is 7.51. The smallest absolute Gasteiger partial charge is 0.306 e. The van der Waals surface area contributed by atoms with Crippen molar-refractivity contribution in [2.45, 2.75) is 37.0 Å². The third-order valence-electron chi connectivity index (χ3n) is 5.03. The molecule has 8 heteroatoms. The quantitative estimate of drug-likeness (QED) is 0.811. The average molecular weight is 388 g/mol. The Hall–Kier alpha value is -1.31. The molecule has 1 saturated heterocycles. The van der Waals surface area contributed by atoms with Crippen LogP contribution in [0.2, 0.25) is 5.02 Å². The van der Waals surface area contributed by atoms with Crippen LogP contribution in [0.4, 0.5) is 0 Å². The number of ether oxygens (including phenoxy) is 1. The Balaban J connectivity index is 1.78. The molecule has 2 fully saturated rings. The van der Waals surface area contributed by atoms with Crippen molar-refractivity contribution >= 4 is 27.6 Å². The van der Waals surface area contributed by atoms with Crippen LogP contribution in [0.3, 0.4) is 0 Å². The molecule has 138 valence electrons. The molecular formula is C17H22ClNO5S. The van der Waals surface area contributed by atoms with Gasteiger partial charge in [0.25, 0.3) is 0 Å². The highest BCUT2D eigenvalue weighted by atomic mass is 35.5. The molecule has 2 aliphatic rings. The van der Waals surface area contributed by atoms with E-state index in [0.29, 0.717) is 36.1 Å². The Morgan fingerprint density at radius 1 is 1.24 bits per heavy atom.